The van der Waals surface area contributed by atoms with E-state index in [1.54, 1.807) is 0 Å². The van der Waals surface area contributed by atoms with Crippen LogP contribution in [0.25, 0.3) is 11.2 Å². The highest BCUT2D eigenvalue weighted by molar-refractivity contribution is 5.80. The molecule has 0 bridgehead atoms. The van der Waals surface area contributed by atoms with E-state index in [-0.39, 0.29) is 11.8 Å². The lowest BCUT2D eigenvalue weighted by molar-refractivity contribution is -0.125. The SMILES string of the molecule is Cc1nc2cc(N3CCCC(C(=O)NCCN4CCc5ccccc5C4)C3)cnc2nc1C. The third-order valence-corrected chi connectivity index (χ3v) is 7.01. The molecule has 0 aliphatic carbocycles. The number of hydrogen-bond donors (Lipinski definition) is 1. The summed E-state index contributed by atoms with van der Waals surface area (Å²) in [7, 11) is 0. The fraction of sp³-hybridized carbons (Fsp3) is 0.462. The Morgan fingerprint density at radius 3 is 2.82 bits per heavy atom. The van der Waals surface area contributed by atoms with E-state index in [1.807, 2.05) is 20.0 Å². The largest absolute Gasteiger partial charge is 0.369 e. The predicted octanol–water partition coefficient (Wildman–Crippen LogP) is 3.03. The van der Waals surface area contributed by atoms with Crippen molar-refractivity contribution in [2.24, 2.45) is 5.92 Å². The lowest BCUT2D eigenvalue weighted by Gasteiger charge is -2.34. The Balaban J connectivity index is 1.16. The van der Waals surface area contributed by atoms with Crippen LogP contribution in [0.2, 0.25) is 0 Å². The summed E-state index contributed by atoms with van der Waals surface area (Å²) < 4.78 is 0. The summed E-state index contributed by atoms with van der Waals surface area (Å²) in [5.74, 6) is 0.166. The van der Waals surface area contributed by atoms with Crippen molar-refractivity contribution in [2.75, 3.05) is 37.6 Å². The molecule has 2 aromatic heterocycles. The van der Waals surface area contributed by atoms with Gasteiger partial charge in [-0.05, 0) is 50.3 Å². The number of rotatable bonds is 5. The molecule has 1 atom stereocenters. The fourth-order valence-electron chi connectivity index (χ4n) is 4.93. The molecule has 33 heavy (non-hydrogen) atoms. The van der Waals surface area contributed by atoms with Crippen molar-refractivity contribution < 1.29 is 4.79 Å². The Morgan fingerprint density at radius 1 is 1.12 bits per heavy atom. The number of pyridine rings is 1. The van der Waals surface area contributed by atoms with Gasteiger partial charge in [0.15, 0.2) is 5.65 Å². The summed E-state index contributed by atoms with van der Waals surface area (Å²) in [6.45, 7) is 9.19. The number of carbonyl (C=O) groups is 1. The van der Waals surface area contributed by atoms with Crippen molar-refractivity contribution in [3.63, 3.8) is 0 Å². The Bertz CT molecular complexity index is 1160. The van der Waals surface area contributed by atoms with Crippen LogP contribution in [-0.2, 0) is 17.8 Å². The smallest absolute Gasteiger partial charge is 0.224 e. The van der Waals surface area contributed by atoms with E-state index >= 15 is 0 Å². The molecule has 2 aliphatic heterocycles. The number of anilines is 1. The average molecular weight is 445 g/mol. The number of nitrogens with zero attached hydrogens (tertiary/aromatic N) is 5. The van der Waals surface area contributed by atoms with Crippen molar-refractivity contribution in [1.29, 1.82) is 0 Å². The van der Waals surface area contributed by atoms with Gasteiger partial charge >= 0.3 is 0 Å². The van der Waals surface area contributed by atoms with Gasteiger partial charge in [-0.15, -0.1) is 0 Å². The van der Waals surface area contributed by atoms with Crippen LogP contribution in [-0.4, -0.2) is 58.5 Å². The zero-order valence-corrected chi connectivity index (χ0v) is 19.5. The molecule has 7 nitrogen and oxygen atoms in total. The van der Waals surface area contributed by atoms with Crippen LogP contribution < -0.4 is 10.2 Å². The monoisotopic (exact) mass is 444 g/mol. The van der Waals surface area contributed by atoms with E-state index in [2.05, 4.69) is 60.4 Å². The topological polar surface area (TPSA) is 74.2 Å². The van der Waals surface area contributed by atoms with Gasteiger partial charge in [0.1, 0.15) is 5.52 Å². The molecule has 1 aromatic carbocycles. The van der Waals surface area contributed by atoms with Crippen LogP contribution in [0.4, 0.5) is 5.69 Å². The minimum Gasteiger partial charge on any atom is -0.369 e. The highest BCUT2D eigenvalue weighted by Crippen LogP contribution is 2.25. The summed E-state index contributed by atoms with van der Waals surface area (Å²) in [5, 5.41) is 3.19. The maximum atomic E-state index is 12.9. The number of benzene rings is 1. The number of piperidine rings is 1. The minimum absolute atomic E-state index is 0.00219. The molecular formula is C26H32N6O. The molecule has 172 valence electrons. The van der Waals surface area contributed by atoms with Gasteiger partial charge < -0.3 is 10.2 Å². The first-order valence-corrected chi connectivity index (χ1v) is 12.0. The van der Waals surface area contributed by atoms with Gasteiger partial charge in [0.05, 0.1) is 29.2 Å². The Hall–Kier alpha value is -3.06. The lowest BCUT2D eigenvalue weighted by atomic mass is 9.96. The third-order valence-electron chi connectivity index (χ3n) is 7.01. The molecule has 5 rings (SSSR count). The number of carbonyl (C=O) groups excluding carboxylic acids is 1. The molecule has 1 saturated heterocycles. The van der Waals surface area contributed by atoms with E-state index in [4.69, 9.17) is 0 Å². The van der Waals surface area contributed by atoms with Crippen molar-refractivity contribution in [3.05, 3.63) is 59.0 Å². The zero-order chi connectivity index (χ0) is 22.8. The molecule has 3 aromatic rings. The second kappa shape index (κ2) is 9.43. The second-order valence-electron chi connectivity index (χ2n) is 9.30. The number of amides is 1. The minimum atomic E-state index is 0.00219. The van der Waals surface area contributed by atoms with E-state index < -0.39 is 0 Å². The Kier molecular flexibility index (Phi) is 6.22. The van der Waals surface area contributed by atoms with Gasteiger partial charge in [-0.1, -0.05) is 24.3 Å². The van der Waals surface area contributed by atoms with Gasteiger partial charge in [0.25, 0.3) is 0 Å². The number of hydrogen-bond acceptors (Lipinski definition) is 6. The molecule has 4 heterocycles. The van der Waals surface area contributed by atoms with Crippen LogP contribution in [0.3, 0.4) is 0 Å². The van der Waals surface area contributed by atoms with E-state index in [0.717, 1.165) is 68.0 Å². The number of aryl methyl sites for hydroxylation is 2. The van der Waals surface area contributed by atoms with Crippen LogP contribution in [0.15, 0.2) is 36.5 Å². The fourth-order valence-corrected chi connectivity index (χ4v) is 4.93. The molecule has 0 radical (unpaired) electrons. The van der Waals surface area contributed by atoms with E-state index in [1.165, 1.54) is 11.1 Å². The summed E-state index contributed by atoms with van der Waals surface area (Å²) >= 11 is 0. The summed E-state index contributed by atoms with van der Waals surface area (Å²) in [4.78, 5) is 31.3. The van der Waals surface area contributed by atoms with E-state index in [0.29, 0.717) is 18.7 Å². The summed E-state index contributed by atoms with van der Waals surface area (Å²) in [5.41, 5.74) is 7.21. The number of nitrogens with one attached hydrogen (secondary N) is 1. The summed E-state index contributed by atoms with van der Waals surface area (Å²) in [6.07, 6.45) is 4.88. The van der Waals surface area contributed by atoms with Crippen LogP contribution >= 0.6 is 0 Å². The van der Waals surface area contributed by atoms with Gasteiger partial charge in [-0.25, -0.2) is 15.0 Å². The number of fused-ring (bicyclic) bond motifs is 2. The normalized spacial score (nSPS) is 18.8. The Morgan fingerprint density at radius 2 is 1.94 bits per heavy atom. The highest BCUT2D eigenvalue weighted by atomic mass is 16.1. The maximum absolute atomic E-state index is 12.9. The van der Waals surface area contributed by atoms with Gasteiger partial charge in [0, 0.05) is 39.3 Å². The first-order chi connectivity index (χ1) is 16.1. The zero-order valence-electron chi connectivity index (χ0n) is 19.5. The first-order valence-electron chi connectivity index (χ1n) is 12.0. The lowest BCUT2D eigenvalue weighted by Crippen LogP contribution is -2.45. The van der Waals surface area contributed by atoms with Gasteiger partial charge in [0.2, 0.25) is 5.91 Å². The molecule has 1 unspecified atom stereocenters. The van der Waals surface area contributed by atoms with Crippen molar-refractivity contribution in [2.45, 2.75) is 39.7 Å². The second-order valence-corrected chi connectivity index (χ2v) is 9.30. The molecule has 0 spiro atoms. The quantitative estimate of drug-likeness (QED) is 0.652. The standard InChI is InChI=1S/C26H32N6O/c1-18-19(2)30-25-24(29-18)14-23(15-28-25)32-11-5-8-22(17-32)26(33)27-10-13-31-12-9-20-6-3-4-7-21(20)16-31/h3-4,6-7,14-15,22H,5,8-13,16-17H2,1-2H3,(H,27,33). The maximum Gasteiger partial charge on any atom is 0.224 e. The first kappa shape index (κ1) is 21.8. The third kappa shape index (κ3) is 4.83. The molecule has 0 saturated carbocycles. The van der Waals surface area contributed by atoms with Crippen molar-refractivity contribution in [1.82, 2.24) is 25.2 Å². The average Bonchev–Trinajstić information content (AvgIpc) is 2.84. The summed E-state index contributed by atoms with van der Waals surface area (Å²) in [6, 6.07) is 10.7. The van der Waals surface area contributed by atoms with Crippen molar-refractivity contribution in [3.8, 4) is 0 Å². The molecule has 1 fully saturated rings. The molecule has 1 N–H and O–H groups in total. The van der Waals surface area contributed by atoms with Gasteiger partial charge in [-0.2, -0.15) is 0 Å². The van der Waals surface area contributed by atoms with Gasteiger partial charge in [-0.3, -0.25) is 9.69 Å². The Labute approximate surface area is 195 Å². The number of aromatic nitrogens is 3. The van der Waals surface area contributed by atoms with Crippen LogP contribution in [0, 0.1) is 19.8 Å². The van der Waals surface area contributed by atoms with Crippen LogP contribution in [0.5, 0.6) is 0 Å². The molecule has 1 amide bonds. The van der Waals surface area contributed by atoms with Crippen LogP contribution in [0.1, 0.15) is 35.4 Å². The highest BCUT2D eigenvalue weighted by Gasteiger charge is 2.26. The molecule has 7 heteroatoms. The van der Waals surface area contributed by atoms with Crippen molar-refractivity contribution >= 4 is 22.8 Å². The molecular weight excluding hydrogens is 412 g/mol. The molecule has 2 aliphatic rings. The predicted molar refractivity (Wildman–Crippen MR) is 130 cm³/mol. The van der Waals surface area contributed by atoms with E-state index in [9.17, 15) is 4.79 Å².